The smallest absolute Gasteiger partial charge is 0.244 e. The van der Waals surface area contributed by atoms with Crippen molar-refractivity contribution in [3.05, 3.63) is 29.8 Å². The number of hydrogen-bond donors (Lipinski definition) is 1. The first-order chi connectivity index (χ1) is 10.7. The molecule has 0 fully saturated rings. The van der Waals surface area contributed by atoms with Gasteiger partial charge in [-0.05, 0) is 38.8 Å². The third-order valence-corrected chi connectivity index (χ3v) is 4.91. The SMILES string of the molecule is CCC[C@@H](C)NC(=O)[C@H](CC)N(c1ccc(C)cc1)S(C)(=O)=O. The largest absolute Gasteiger partial charge is 0.352 e. The van der Waals surface area contributed by atoms with Gasteiger partial charge in [-0.2, -0.15) is 0 Å². The molecular weight excluding hydrogens is 312 g/mol. The van der Waals surface area contributed by atoms with Crippen LogP contribution in [-0.4, -0.2) is 32.7 Å². The summed E-state index contributed by atoms with van der Waals surface area (Å²) in [6, 6.07) is 6.45. The molecule has 0 unspecified atom stereocenters. The van der Waals surface area contributed by atoms with Gasteiger partial charge in [0.15, 0.2) is 0 Å². The fourth-order valence-electron chi connectivity index (χ4n) is 2.60. The summed E-state index contributed by atoms with van der Waals surface area (Å²) >= 11 is 0. The second-order valence-electron chi connectivity index (χ2n) is 6.02. The van der Waals surface area contributed by atoms with E-state index in [9.17, 15) is 13.2 Å². The van der Waals surface area contributed by atoms with Crippen LogP contribution in [0.1, 0.15) is 45.6 Å². The Kier molecular flexibility index (Phi) is 7.06. The first-order valence-corrected chi connectivity index (χ1v) is 9.92. The van der Waals surface area contributed by atoms with Gasteiger partial charge < -0.3 is 5.32 Å². The molecule has 0 aliphatic heterocycles. The Balaban J connectivity index is 3.13. The van der Waals surface area contributed by atoms with Gasteiger partial charge in [0.1, 0.15) is 6.04 Å². The van der Waals surface area contributed by atoms with Crippen molar-refractivity contribution in [1.82, 2.24) is 5.32 Å². The van der Waals surface area contributed by atoms with Gasteiger partial charge in [-0.1, -0.05) is 38.0 Å². The van der Waals surface area contributed by atoms with E-state index >= 15 is 0 Å². The minimum atomic E-state index is -3.56. The summed E-state index contributed by atoms with van der Waals surface area (Å²) in [4.78, 5) is 12.6. The normalized spacial score (nSPS) is 14.1. The predicted molar refractivity (Wildman–Crippen MR) is 95.1 cm³/mol. The van der Waals surface area contributed by atoms with Gasteiger partial charge in [0, 0.05) is 6.04 Å². The molecule has 1 rings (SSSR count). The van der Waals surface area contributed by atoms with E-state index < -0.39 is 16.1 Å². The minimum absolute atomic E-state index is 0.0287. The van der Waals surface area contributed by atoms with E-state index in [1.165, 1.54) is 4.31 Å². The Morgan fingerprint density at radius 1 is 1.22 bits per heavy atom. The number of amides is 1. The van der Waals surface area contributed by atoms with Crippen LogP contribution < -0.4 is 9.62 Å². The molecule has 1 aromatic rings. The summed E-state index contributed by atoms with van der Waals surface area (Å²) in [6.07, 6.45) is 3.38. The number of carbonyl (C=O) groups excluding carboxylic acids is 1. The van der Waals surface area contributed by atoms with Crippen molar-refractivity contribution < 1.29 is 13.2 Å². The lowest BCUT2D eigenvalue weighted by molar-refractivity contribution is -0.122. The van der Waals surface area contributed by atoms with Crippen LogP contribution in [0.2, 0.25) is 0 Å². The van der Waals surface area contributed by atoms with Crippen LogP contribution in [0, 0.1) is 6.92 Å². The van der Waals surface area contributed by atoms with E-state index in [-0.39, 0.29) is 11.9 Å². The Labute approximate surface area is 140 Å². The van der Waals surface area contributed by atoms with Gasteiger partial charge in [0.05, 0.1) is 11.9 Å². The lowest BCUT2D eigenvalue weighted by atomic mass is 10.1. The van der Waals surface area contributed by atoms with Gasteiger partial charge in [0.25, 0.3) is 0 Å². The molecule has 0 aliphatic rings. The number of hydrogen-bond acceptors (Lipinski definition) is 3. The summed E-state index contributed by atoms with van der Waals surface area (Å²) in [5.74, 6) is -0.251. The van der Waals surface area contributed by atoms with Gasteiger partial charge in [0.2, 0.25) is 15.9 Å². The van der Waals surface area contributed by atoms with E-state index in [4.69, 9.17) is 0 Å². The van der Waals surface area contributed by atoms with Crippen LogP contribution in [0.5, 0.6) is 0 Å². The number of sulfonamides is 1. The number of benzene rings is 1. The average Bonchev–Trinajstić information content (AvgIpc) is 2.44. The summed E-state index contributed by atoms with van der Waals surface area (Å²) in [6.45, 7) is 7.74. The number of carbonyl (C=O) groups is 1. The van der Waals surface area contributed by atoms with Crippen molar-refractivity contribution in [3.63, 3.8) is 0 Å². The first-order valence-electron chi connectivity index (χ1n) is 8.07. The third kappa shape index (κ3) is 5.53. The quantitative estimate of drug-likeness (QED) is 0.791. The Hall–Kier alpha value is -1.56. The molecule has 0 saturated carbocycles. The molecule has 0 heterocycles. The van der Waals surface area contributed by atoms with Crippen LogP contribution in [0.25, 0.3) is 0 Å². The molecule has 5 nitrogen and oxygen atoms in total. The predicted octanol–water partition coefficient (Wildman–Crippen LogP) is 2.84. The Bertz CT molecular complexity index is 611. The zero-order valence-electron chi connectivity index (χ0n) is 14.7. The summed E-state index contributed by atoms with van der Waals surface area (Å²) in [7, 11) is -3.56. The molecule has 0 radical (unpaired) electrons. The highest BCUT2D eigenvalue weighted by atomic mass is 32.2. The summed E-state index contributed by atoms with van der Waals surface area (Å²) in [5, 5.41) is 2.92. The molecule has 1 N–H and O–H groups in total. The van der Waals surface area contributed by atoms with Crippen molar-refractivity contribution in [2.45, 2.75) is 59.0 Å². The zero-order valence-corrected chi connectivity index (χ0v) is 15.5. The minimum Gasteiger partial charge on any atom is -0.352 e. The van der Waals surface area contributed by atoms with Crippen LogP contribution in [-0.2, 0) is 14.8 Å². The maximum Gasteiger partial charge on any atom is 0.244 e. The molecule has 2 atom stereocenters. The van der Waals surface area contributed by atoms with Crippen molar-refractivity contribution in [1.29, 1.82) is 0 Å². The van der Waals surface area contributed by atoms with Gasteiger partial charge >= 0.3 is 0 Å². The molecule has 0 bridgehead atoms. The second-order valence-corrected chi connectivity index (χ2v) is 7.88. The van der Waals surface area contributed by atoms with Crippen LogP contribution in [0.3, 0.4) is 0 Å². The second kappa shape index (κ2) is 8.34. The number of rotatable bonds is 8. The number of nitrogens with one attached hydrogen (secondary N) is 1. The van der Waals surface area contributed by atoms with Crippen molar-refractivity contribution in [2.75, 3.05) is 10.6 Å². The third-order valence-electron chi connectivity index (χ3n) is 3.73. The first kappa shape index (κ1) is 19.5. The van der Waals surface area contributed by atoms with Crippen LogP contribution >= 0.6 is 0 Å². The maximum atomic E-state index is 12.6. The number of anilines is 1. The highest BCUT2D eigenvalue weighted by Gasteiger charge is 2.31. The van der Waals surface area contributed by atoms with Crippen molar-refractivity contribution in [3.8, 4) is 0 Å². The maximum absolute atomic E-state index is 12.6. The van der Waals surface area contributed by atoms with Gasteiger partial charge in [-0.15, -0.1) is 0 Å². The molecule has 0 saturated heterocycles. The Morgan fingerprint density at radius 2 is 1.78 bits per heavy atom. The van der Waals surface area contributed by atoms with E-state index in [1.807, 2.05) is 32.9 Å². The van der Waals surface area contributed by atoms with Gasteiger partial charge in [-0.3, -0.25) is 9.10 Å². The topological polar surface area (TPSA) is 66.5 Å². The van der Waals surface area contributed by atoms with Crippen molar-refractivity contribution >= 4 is 21.6 Å². The molecule has 1 aromatic carbocycles. The Morgan fingerprint density at radius 3 is 2.22 bits per heavy atom. The molecular formula is C17H28N2O3S. The van der Waals surface area contributed by atoms with Crippen molar-refractivity contribution in [2.24, 2.45) is 0 Å². The molecule has 130 valence electrons. The van der Waals surface area contributed by atoms with E-state index in [1.54, 1.807) is 12.1 Å². The zero-order chi connectivity index (χ0) is 17.6. The van der Waals surface area contributed by atoms with Crippen LogP contribution in [0.15, 0.2) is 24.3 Å². The fourth-order valence-corrected chi connectivity index (χ4v) is 3.81. The summed E-state index contributed by atoms with van der Waals surface area (Å²) < 4.78 is 25.8. The molecule has 0 aromatic heterocycles. The van der Waals surface area contributed by atoms with Crippen LogP contribution in [0.4, 0.5) is 5.69 Å². The monoisotopic (exact) mass is 340 g/mol. The van der Waals surface area contributed by atoms with Gasteiger partial charge in [-0.25, -0.2) is 8.42 Å². The average molecular weight is 340 g/mol. The number of aryl methyl sites for hydroxylation is 1. The lowest BCUT2D eigenvalue weighted by Crippen LogP contribution is -2.51. The van der Waals surface area contributed by atoms with E-state index in [2.05, 4.69) is 12.2 Å². The lowest BCUT2D eigenvalue weighted by Gasteiger charge is -2.31. The standard InChI is InChI=1S/C17H28N2O3S/c1-6-8-14(4)18-17(20)16(7-2)19(23(5,21)22)15-11-9-13(3)10-12-15/h9-12,14,16H,6-8H2,1-5H3,(H,18,20)/t14-,16+/m1/s1. The van der Waals surface area contributed by atoms with E-state index in [0.29, 0.717) is 12.1 Å². The highest BCUT2D eigenvalue weighted by Crippen LogP contribution is 2.23. The fraction of sp³-hybridized carbons (Fsp3) is 0.588. The number of nitrogens with zero attached hydrogens (tertiary/aromatic N) is 1. The highest BCUT2D eigenvalue weighted by molar-refractivity contribution is 7.92. The molecule has 23 heavy (non-hydrogen) atoms. The molecule has 6 heteroatoms. The molecule has 0 spiro atoms. The molecule has 1 amide bonds. The molecule has 0 aliphatic carbocycles. The van der Waals surface area contributed by atoms with E-state index in [0.717, 1.165) is 24.7 Å². The summed E-state index contributed by atoms with van der Waals surface area (Å²) in [5.41, 5.74) is 1.56.